The minimum Gasteiger partial charge on any atom is -0.348 e. The summed E-state index contributed by atoms with van der Waals surface area (Å²) in [6.45, 7) is 0.949. The SMILES string of the molecule is CN(CC(=O)NC1CCCc2ccccc21)Cc1ccc(F)cc1. The number of hydrogen-bond donors (Lipinski definition) is 1. The van der Waals surface area contributed by atoms with Gasteiger partial charge in [0.1, 0.15) is 5.82 Å². The van der Waals surface area contributed by atoms with E-state index in [0.717, 1.165) is 24.8 Å². The van der Waals surface area contributed by atoms with Crippen molar-refractivity contribution in [2.24, 2.45) is 0 Å². The Labute approximate surface area is 142 Å². The third-order valence-electron chi connectivity index (χ3n) is 4.48. The maximum absolute atomic E-state index is 12.9. The molecule has 3 nitrogen and oxygen atoms in total. The van der Waals surface area contributed by atoms with Crippen molar-refractivity contribution in [1.82, 2.24) is 10.2 Å². The van der Waals surface area contributed by atoms with Crippen molar-refractivity contribution in [3.05, 3.63) is 71.0 Å². The first-order valence-corrected chi connectivity index (χ1v) is 8.42. The number of fused-ring (bicyclic) bond motifs is 1. The molecule has 0 aromatic heterocycles. The number of halogens is 1. The normalized spacial score (nSPS) is 16.7. The fourth-order valence-corrected chi connectivity index (χ4v) is 3.35. The minimum absolute atomic E-state index is 0.0290. The van der Waals surface area contributed by atoms with Gasteiger partial charge in [0.05, 0.1) is 12.6 Å². The molecule has 0 radical (unpaired) electrons. The largest absolute Gasteiger partial charge is 0.348 e. The van der Waals surface area contributed by atoms with E-state index in [4.69, 9.17) is 0 Å². The van der Waals surface area contributed by atoms with Crippen molar-refractivity contribution in [2.45, 2.75) is 31.8 Å². The van der Waals surface area contributed by atoms with Gasteiger partial charge >= 0.3 is 0 Å². The molecule has 0 bridgehead atoms. The Balaban J connectivity index is 1.55. The molecule has 4 heteroatoms. The van der Waals surface area contributed by atoms with Crippen LogP contribution in [0.4, 0.5) is 4.39 Å². The molecule has 126 valence electrons. The van der Waals surface area contributed by atoms with E-state index in [1.807, 2.05) is 18.0 Å². The summed E-state index contributed by atoms with van der Waals surface area (Å²) >= 11 is 0. The van der Waals surface area contributed by atoms with Crippen LogP contribution < -0.4 is 5.32 Å². The van der Waals surface area contributed by atoms with Gasteiger partial charge in [0.25, 0.3) is 0 Å². The Morgan fingerprint density at radius 1 is 1.21 bits per heavy atom. The van der Waals surface area contributed by atoms with Crippen LogP contribution in [0.15, 0.2) is 48.5 Å². The number of benzene rings is 2. The number of aryl methyl sites for hydroxylation is 1. The summed E-state index contributed by atoms with van der Waals surface area (Å²) in [5.41, 5.74) is 3.58. The monoisotopic (exact) mass is 326 g/mol. The number of nitrogens with one attached hydrogen (secondary N) is 1. The van der Waals surface area contributed by atoms with E-state index in [-0.39, 0.29) is 17.8 Å². The zero-order chi connectivity index (χ0) is 16.9. The van der Waals surface area contributed by atoms with Crippen LogP contribution in [0.5, 0.6) is 0 Å². The molecule has 0 saturated heterocycles. The molecule has 24 heavy (non-hydrogen) atoms. The molecular weight excluding hydrogens is 303 g/mol. The highest BCUT2D eigenvalue weighted by molar-refractivity contribution is 5.78. The van der Waals surface area contributed by atoms with Gasteiger partial charge in [-0.2, -0.15) is 0 Å². The number of amides is 1. The average molecular weight is 326 g/mol. The van der Waals surface area contributed by atoms with E-state index < -0.39 is 0 Å². The van der Waals surface area contributed by atoms with Gasteiger partial charge in [-0.05, 0) is 55.1 Å². The summed E-state index contributed by atoms with van der Waals surface area (Å²) in [5.74, 6) is -0.212. The molecule has 3 rings (SSSR count). The Hall–Kier alpha value is -2.20. The molecule has 1 atom stereocenters. The molecule has 0 heterocycles. The minimum atomic E-state index is -0.241. The third kappa shape index (κ3) is 4.20. The van der Waals surface area contributed by atoms with Gasteiger partial charge in [-0.15, -0.1) is 0 Å². The number of likely N-dealkylation sites (N-methyl/N-ethyl adjacent to an activating group) is 1. The summed E-state index contributed by atoms with van der Waals surface area (Å²) in [5, 5.41) is 3.16. The van der Waals surface area contributed by atoms with Crippen LogP contribution in [0.2, 0.25) is 0 Å². The van der Waals surface area contributed by atoms with Gasteiger partial charge in [0.2, 0.25) is 5.91 Å². The molecule has 2 aromatic carbocycles. The Morgan fingerprint density at radius 3 is 2.75 bits per heavy atom. The van der Waals surface area contributed by atoms with Crippen LogP contribution in [0, 0.1) is 5.82 Å². The highest BCUT2D eigenvalue weighted by atomic mass is 19.1. The second-order valence-corrected chi connectivity index (χ2v) is 6.51. The maximum Gasteiger partial charge on any atom is 0.234 e. The summed E-state index contributed by atoms with van der Waals surface area (Å²) in [6, 6.07) is 14.9. The van der Waals surface area contributed by atoms with Gasteiger partial charge in [-0.1, -0.05) is 36.4 Å². The van der Waals surface area contributed by atoms with Gasteiger partial charge < -0.3 is 5.32 Å². The zero-order valence-electron chi connectivity index (χ0n) is 14.0. The quantitative estimate of drug-likeness (QED) is 0.913. The first-order chi connectivity index (χ1) is 11.6. The van der Waals surface area contributed by atoms with Gasteiger partial charge in [-0.25, -0.2) is 4.39 Å². The lowest BCUT2D eigenvalue weighted by atomic mass is 9.88. The predicted molar refractivity (Wildman–Crippen MR) is 93.0 cm³/mol. The Bertz CT molecular complexity index is 699. The number of carbonyl (C=O) groups excluding carboxylic acids is 1. The van der Waals surface area contributed by atoms with Crippen LogP contribution in [0.25, 0.3) is 0 Å². The molecule has 0 spiro atoms. The molecule has 1 aliphatic carbocycles. The van der Waals surface area contributed by atoms with E-state index in [0.29, 0.717) is 13.1 Å². The van der Waals surface area contributed by atoms with Crippen molar-refractivity contribution in [1.29, 1.82) is 0 Å². The maximum atomic E-state index is 12.9. The lowest BCUT2D eigenvalue weighted by Gasteiger charge is -2.27. The Morgan fingerprint density at radius 2 is 1.96 bits per heavy atom. The van der Waals surface area contributed by atoms with Crippen LogP contribution >= 0.6 is 0 Å². The van der Waals surface area contributed by atoms with Gasteiger partial charge in [0, 0.05) is 6.54 Å². The summed E-state index contributed by atoms with van der Waals surface area (Å²) in [6.07, 6.45) is 3.19. The molecule has 0 saturated carbocycles. The number of hydrogen-bond acceptors (Lipinski definition) is 2. The second-order valence-electron chi connectivity index (χ2n) is 6.51. The van der Waals surface area contributed by atoms with Crippen LogP contribution in [-0.2, 0) is 17.8 Å². The number of carbonyl (C=O) groups is 1. The highest BCUT2D eigenvalue weighted by Crippen LogP contribution is 2.29. The number of nitrogens with zero attached hydrogens (tertiary/aromatic N) is 1. The molecule has 1 amide bonds. The smallest absolute Gasteiger partial charge is 0.234 e. The van der Waals surface area contributed by atoms with Crippen LogP contribution in [-0.4, -0.2) is 24.4 Å². The van der Waals surface area contributed by atoms with E-state index >= 15 is 0 Å². The molecule has 1 N–H and O–H groups in total. The average Bonchev–Trinajstić information content (AvgIpc) is 2.57. The second kappa shape index (κ2) is 7.58. The molecule has 2 aromatic rings. The molecule has 0 aliphatic heterocycles. The van der Waals surface area contributed by atoms with Crippen molar-refractivity contribution in [3.8, 4) is 0 Å². The fraction of sp³-hybridized carbons (Fsp3) is 0.350. The van der Waals surface area contributed by atoms with Gasteiger partial charge in [0.15, 0.2) is 0 Å². The van der Waals surface area contributed by atoms with Crippen molar-refractivity contribution in [2.75, 3.05) is 13.6 Å². The summed E-state index contributed by atoms with van der Waals surface area (Å²) < 4.78 is 12.9. The van der Waals surface area contributed by atoms with E-state index in [2.05, 4.69) is 23.5 Å². The standard InChI is InChI=1S/C20H23FN2O/c1-23(13-15-9-11-17(21)12-10-15)14-20(24)22-19-8-4-6-16-5-2-3-7-18(16)19/h2-3,5,7,9-12,19H,4,6,8,13-14H2,1H3,(H,22,24). The van der Waals surface area contributed by atoms with Crippen molar-refractivity contribution < 1.29 is 9.18 Å². The first kappa shape index (κ1) is 16.7. The fourth-order valence-electron chi connectivity index (χ4n) is 3.35. The lowest BCUT2D eigenvalue weighted by Crippen LogP contribution is -2.38. The van der Waals surface area contributed by atoms with E-state index in [9.17, 15) is 9.18 Å². The van der Waals surface area contributed by atoms with Gasteiger partial charge in [-0.3, -0.25) is 9.69 Å². The first-order valence-electron chi connectivity index (χ1n) is 8.42. The van der Waals surface area contributed by atoms with E-state index in [1.54, 1.807) is 12.1 Å². The van der Waals surface area contributed by atoms with Crippen molar-refractivity contribution in [3.63, 3.8) is 0 Å². The van der Waals surface area contributed by atoms with E-state index in [1.165, 1.54) is 23.3 Å². The molecule has 0 fully saturated rings. The highest BCUT2D eigenvalue weighted by Gasteiger charge is 2.21. The van der Waals surface area contributed by atoms with Crippen LogP contribution in [0.1, 0.15) is 35.6 Å². The predicted octanol–water partition coefficient (Wildman–Crippen LogP) is 3.45. The third-order valence-corrected chi connectivity index (χ3v) is 4.48. The Kier molecular flexibility index (Phi) is 5.26. The zero-order valence-corrected chi connectivity index (χ0v) is 14.0. The molecular formula is C20H23FN2O. The lowest BCUT2D eigenvalue weighted by molar-refractivity contribution is -0.122. The molecule has 1 unspecified atom stereocenters. The topological polar surface area (TPSA) is 32.3 Å². The van der Waals surface area contributed by atoms with Crippen LogP contribution in [0.3, 0.4) is 0 Å². The van der Waals surface area contributed by atoms with Crippen molar-refractivity contribution >= 4 is 5.91 Å². The number of rotatable bonds is 5. The summed E-state index contributed by atoms with van der Waals surface area (Å²) in [7, 11) is 1.90. The summed E-state index contributed by atoms with van der Waals surface area (Å²) in [4.78, 5) is 14.3. The molecule has 1 aliphatic rings.